The first kappa shape index (κ1) is 9.51. The molecule has 1 aromatic carbocycles. The van der Waals surface area contributed by atoms with E-state index in [9.17, 15) is 9.59 Å². The third-order valence-electron chi connectivity index (χ3n) is 1.63. The van der Waals surface area contributed by atoms with Crippen molar-refractivity contribution in [1.82, 2.24) is 0 Å². The Bertz CT molecular complexity index is 347. The van der Waals surface area contributed by atoms with Gasteiger partial charge >= 0.3 is 5.97 Å². The van der Waals surface area contributed by atoms with E-state index < -0.39 is 5.97 Å². The Labute approximate surface area is 77.1 Å². The van der Waals surface area contributed by atoms with Crippen molar-refractivity contribution in [1.29, 1.82) is 0 Å². The fourth-order valence-electron chi connectivity index (χ4n) is 0.927. The van der Waals surface area contributed by atoms with Crippen LogP contribution in [0, 0.1) is 0 Å². The zero-order valence-corrected chi connectivity index (χ0v) is 7.11. The normalized spacial score (nSPS) is 9.31. The van der Waals surface area contributed by atoms with Gasteiger partial charge in [-0.3, -0.25) is 4.79 Å². The van der Waals surface area contributed by atoms with Crippen molar-refractivity contribution in [2.45, 2.75) is 0 Å². The van der Waals surface area contributed by atoms with Crippen molar-refractivity contribution in [2.75, 3.05) is 7.11 Å². The Morgan fingerprint density at radius 1 is 1.54 bits per heavy atom. The van der Waals surface area contributed by atoms with Crippen LogP contribution in [0.3, 0.4) is 0 Å². The number of carbonyl (C=O) groups is 2. The maximum atomic E-state index is 11.0. The molecule has 0 aromatic heterocycles. The highest BCUT2D eigenvalue weighted by atomic mass is 16.5. The van der Waals surface area contributed by atoms with Gasteiger partial charge in [-0.1, -0.05) is 17.6 Å². The van der Waals surface area contributed by atoms with E-state index in [0.29, 0.717) is 17.4 Å². The van der Waals surface area contributed by atoms with Gasteiger partial charge in [-0.15, -0.1) is 0 Å². The van der Waals surface area contributed by atoms with Gasteiger partial charge in [0.15, 0.2) is 0 Å². The van der Waals surface area contributed by atoms with Crippen LogP contribution < -0.4 is 5.46 Å². The predicted molar refractivity (Wildman–Crippen MR) is 48.6 cm³/mol. The van der Waals surface area contributed by atoms with Crippen LogP contribution in [0.5, 0.6) is 0 Å². The summed E-state index contributed by atoms with van der Waals surface area (Å²) in [6.45, 7) is 0. The van der Waals surface area contributed by atoms with Crippen LogP contribution in [0.15, 0.2) is 18.2 Å². The van der Waals surface area contributed by atoms with Crippen molar-refractivity contribution in [3.63, 3.8) is 0 Å². The minimum Gasteiger partial charge on any atom is -0.465 e. The summed E-state index contributed by atoms with van der Waals surface area (Å²) in [5.74, 6) is -0.468. The van der Waals surface area contributed by atoms with E-state index >= 15 is 0 Å². The lowest BCUT2D eigenvalue weighted by atomic mass is 9.89. The van der Waals surface area contributed by atoms with Gasteiger partial charge in [0.25, 0.3) is 0 Å². The molecule has 1 rings (SSSR count). The molecule has 0 aliphatic carbocycles. The summed E-state index contributed by atoms with van der Waals surface area (Å²) in [6, 6.07) is 4.38. The third kappa shape index (κ3) is 1.96. The molecule has 64 valence electrons. The number of methoxy groups -OCH3 is 1. The van der Waals surface area contributed by atoms with Crippen molar-refractivity contribution >= 4 is 25.6 Å². The number of aldehydes is 1. The Morgan fingerprint density at radius 3 is 2.69 bits per heavy atom. The summed E-state index contributed by atoms with van der Waals surface area (Å²) < 4.78 is 4.48. The molecule has 0 aliphatic heterocycles. The molecule has 3 nitrogen and oxygen atoms in total. The summed E-state index contributed by atoms with van der Waals surface area (Å²) in [6.07, 6.45) is 0.635. The fraction of sp³-hybridized carbons (Fsp3) is 0.111. The molecule has 0 fully saturated rings. The van der Waals surface area contributed by atoms with Gasteiger partial charge < -0.3 is 4.74 Å². The topological polar surface area (TPSA) is 43.4 Å². The number of benzene rings is 1. The summed E-state index contributed by atoms with van der Waals surface area (Å²) in [4.78, 5) is 21.4. The molecule has 1 aromatic rings. The van der Waals surface area contributed by atoms with Crippen LogP contribution in [-0.2, 0) is 4.74 Å². The highest BCUT2D eigenvalue weighted by molar-refractivity contribution is 6.35. The number of esters is 1. The van der Waals surface area contributed by atoms with Gasteiger partial charge in [0.05, 0.1) is 12.7 Å². The first-order valence-corrected chi connectivity index (χ1v) is 3.62. The Balaban J connectivity index is 3.09. The maximum Gasteiger partial charge on any atom is 0.337 e. The molecule has 0 heterocycles. The molecule has 0 spiro atoms. The van der Waals surface area contributed by atoms with Crippen molar-refractivity contribution < 1.29 is 14.3 Å². The molecule has 0 amide bonds. The van der Waals surface area contributed by atoms with Crippen LogP contribution >= 0.6 is 0 Å². The number of carbonyl (C=O) groups excluding carboxylic acids is 2. The molecular weight excluding hydrogens is 167 g/mol. The average Bonchev–Trinajstić information content (AvgIpc) is 2.16. The molecule has 0 bridgehead atoms. The Hall–Kier alpha value is -1.58. The van der Waals surface area contributed by atoms with Crippen molar-refractivity contribution in [3.8, 4) is 0 Å². The number of hydrogen-bond acceptors (Lipinski definition) is 3. The summed E-state index contributed by atoms with van der Waals surface area (Å²) in [7, 11) is 6.77. The SMILES string of the molecule is [B]c1cc(C(=O)OC)ccc1C=O. The average molecular weight is 174 g/mol. The predicted octanol–water partition coefficient (Wildman–Crippen LogP) is 0.0795. The van der Waals surface area contributed by atoms with Gasteiger partial charge in [0.2, 0.25) is 0 Å². The van der Waals surface area contributed by atoms with Gasteiger partial charge in [-0.05, 0) is 6.07 Å². The number of ether oxygens (including phenoxy) is 1. The second kappa shape index (κ2) is 3.89. The molecule has 0 atom stereocenters. The number of hydrogen-bond donors (Lipinski definition) is 0. The molecule has 0 saturated carbocycles. The smallest absolute Gasteiger partial charge is 0.337 e. The summed E-state index contributed by atoms with van der Waals surface area (Å²) >= 11 is 0. The van der Waals surface area contributed by atoms with E-state index in [-0.39, 0.29) is 5.46 Å². The highest BCUT2D eigenvalue weighted by Crippen LogP contribution is 2.00. The third-order valence-corrected chi connectivity index (χ3v) is 1.63. The van der Waals surface area contributed by atoms with Crippen LogP contribution in [0.2, 0.25) is 0 Å². The minimum absolute atomic E-state index is 0.276. The summed E-state index contributed by atoms with van der Waals surface area (Å²) in [5, 5.41) is 0. The lowest BCUT2D eigenvalue weighted by Crippen LogP contribution is -2.13. The van der Waals surface area contributed by atoms with Gasteiger partial charge in [-0.2, -0.15) is 0 Å². The lowest BCUT2D eigenvalue weighted by Gasteiger charge is -2.02. The maximum absolute atomic E-state index is 11.0. The van der Waals surface area contributed by atoms with E-state index in [2.05, 4.69) is 4.74 Å². The monoisotopic (exact) mass is 174 g/mol. The second-order valence-corrected chi connectivity index (χ2v) is 2.45. The highest BCUT2D eigenvalue weighted by Gasteiger charge is 2.06. The summed E-state index contributed by atoms with van der Waals surface area (Å²) in [5.41, 5.74) is 0.983. The number of rotatable bonds is 2. The Morgan fingerprint density at radius 2 is 2.23 bits per heavy atom. The van der Waals surface area contributed by atoms with E-state index in [1.165, 1.54) is 25.3 Å². The Kier molecular flexibility index (Phi) is 2.85. The van der Waals surface area contributed by atoms with Crippen molar-refractivity contribution in [3.05, 3.63) is 29.3 Å². The first-order valence-electron chi connectivity index (χ1n) is 3.62. The zero-order valence-electron chi connectivity index (χ0n) is 7.11. The molecule has 2 radical (unpaired) electrons. The fourth-order valence-corrected chi connectivity index (χ4v) is 0.927. The zero-order chi connectivity index (χ0) is 9.84. The van der Waals surface area contributed by atoms with E-state index in [1.807, 2.05) is 0 Å². The van der Waals surface area contributed by atoms with Gasteiger partial charge in [-0.25, -0.2) is 4.79 Å². The molecule has 0 aliphatic rings. The molecule has 0 saturated heterocycles. The largest absolute Gasteiger partial charge is 0.465 e. The molecule has 0 unspecified atom stereocenters. The quantitative estimate of drug-likeness (QED) is 0.362. The van der Waals surface area contributed by atoms with E-state index in [0.717, 1.165) is 0 Å². The van der Waals surface area contributed by atoms with Crippen LogP contribution in [0.25, 0.3) is 0 Å². The molecule has 13 heavy (non-hydrogen) atoms. The first-order chi connectivity index (χ1) is 6.19. The minimum atomic E-state index is -0.468. The van der Waals surface area contributed by atoms with Crippen LogP contribution in [0.1, 0.15) is 20.7 Å². The van der Waals surface area contributed by atoms with E-state index in [1.54, 1.807) is 0 Å². The van der Waals surface area contributed by atoms with Crippen LogP contribution in [0.4, 0.5) is 0 Å². The molecular formula is C9H7BO3. The molecule has 4 heteroatoms. The lowest BCUT2D eigenvalue weighted by molar-refractivity contribution is 0.0600. The van der Waals surface area contributed by atoms with E-state index in [4.69, 9.17) is 7.85 Å². The van der Waals surface area contributed by atoms with Gasteiger partial charge in [0.1, 0.15) is 14.1 Å². The standard InChI is InChI=1S/C9H7BO3/c1-13-9(12)6-2-3-7(5-11)8(10)4-6/h2-5H,1H3. The van der Waals surface area contributed by atoms with Crippen molar-refractivity contribution in [2.24, 2.45) is 0 Å². The van der Waals surface area contributed by atoms with Gasteiger partial charge in [0, 0.05) is 5.56 Å². The second-order valence-electron chi connectivity index (χ2n) is 2.45. The molecule has 0 N–H and O–H groups in total. The van der Waals surface area contributed by atoms with Crippen LogP contribution in [-0.4, -0.2) is 27.2 Å².